The summed E-state index contributed by atoms with van der Waals surface area (Å²) in [5.74, 6) is 0.453. The van der Waals surface area contributed by atoms with Gasteiger partial charge >= 0.3 is 12.1 Å². The van der Waals surface area contributed by atoms with Crippen LogP contribution in [0.25, 0.3) is 0 Å². The minimum atomic E-state index is -0.662. The molecule has 14 heteroatoms. The molecule has 1 aromatic rings. The van der Waals surface area contributed by atoms with Crippen molar-refractivity contribution in [3.05, 3.63) is 29.8 Å². The normalized spacial score (nSPS) is 13.0. The van der Waals surface area contributed by atoms with Gasteiger partial charge in [-0.1, -0.05) is 45.9 Å². The van der Waals surface area contributed by atoms with E-state index in [1.807, 2.05) is 65.5 Å². The number of primary amides is 2. The topological polar surface area (TPSA) is 192 Å². The lowest BCUT2D eigenvalue weighted by Crippen LogP contribution is -2.50. The third-order valence-electron chi connectivity index (χ3n) is 8.13. The molecule has 14 nitrogen and oxygen atoms in total. The lowest BCUT2D eigenvalue weighted by Gasteiger charge is -2.38. The molecule has 3 rings (SSSR count). The number of aryl methyl sites for hydroxylation is 1. The van der Waals surface area contributed by atoms with E-state index in [9.17, 15) is 24.0 Å². The minimum absolute atomic E-state index is 0.0431. The number of carbonyl (C=O) groups is 6. The Morgan fingerprint density at radius 1 is 0.945 bits per heavy atom. The van der Waals surface area contributed by atoms with Crippen molar-refractivity contribution < 1.29 is 43.0 Å². The zero-order valence-electron chi connectivity index (χ0n) is 36.3. The largest absolute Gasteiger partial charge is 0.493 e. The predicted octanol–water partition coefficient (Wildman–Crippen LogP) is 6.25. The fourth-order valence-corrected chi connectivity index (χ4v) is 5.25. The van der Waals surface area contributed by atoms with Gasteiger partial charge in [0, 0.05) is 51.5 Å². The maximum absolute atomic E-state index is 12.5. The molecule has 0 saturated carbocycles. The van der Waals surface area contributed by atoms with Gasteiger partial charge in [0.15, 0.2) is 0 Å². The summed E-state index contributed by atoms with van der Waals surface area (Å²) in [6.45, 7) is 23.8. The van der Waals surface area contributed by atoms with Crippen LogP contribution in [0.15, 0.2) is 24.3 Å². The van der Waals surface area contributed by atoms with Crippen molar-refractivity contribution in [2.45, 2.75) is 151 Å². The zero-order chi connectivity index (χ0) is 43.2. The molecule has 1 saturated heterocycles. The van der Waals surface area contributed by atoms with Crippen LogP contribution in [0, 0.1) is 0 Å². The van der Waals surface area contributed by atoms with Crippen LogP contribution in [-0.2, 0) is 39.9 Å². The van der Waals surface area contributed by atoms with Crippen molar-refractivity contribution in [3.8, 4) is 5.75 Å². The Bertz CT molecular complexity index is 1220. The molecule has 2 aliphatic rings. The van der Waals surface area contributed by atoms with E-state index in [4.69, 9.17) is 20.0 Å². The summed E-state index contributed by atoms with van der Waals surface area (Å²) < 4.78 is 15.1. The lowest BCUT2D eigenvalue weighted by atomic mass is 9.96. The average molecular weight is 782 g/mol. The van der Waals surface area contributed by atoms with E-state index in [0.717, 1.165) is 44.7 Å². The van der Waals surface area contributed by atoms with E-state index in [0.29, 0.717) is 38.6 Å². The van der Waals surface area contributed by atoms with E-state index >= 15 is 0 Å². The van der Waals surface area contributed by atoms with Gasteiger partial charge in [0.2, 0.25) is 24.1 Å². The molecule has 1 unspecified atom stereocenters. The number of carbonyl (C=O) groups excluding carboxylic acids is 6. The number of likely N-dealkylation sites (tertiary alicyclic amines) is 1. The molecular formula is C41H75N5O9. The van der Waals surface area contributed by atoms with Crippen LogP contribution in [0.2, 0.25) is 0 Å². The summed E-state index contributed by atoms with van der Waals surface area (Å²) >= 11 is 0. The zero-order valence-corrected chi connectivity index (χ0v) is 36.3. The van der Waals surface area contributed by atoms with Gasteiger partial charge in [-0.3, -0.25) is 28.9 Å². The Labute approximate surface area is 331 Å². The van der Waals surface area contributed by atoms with Gasteiger partial charge in [0.05, 0.1) is 13.7 Å². The van der Waals surface area contributed by atoms with Crippen LogP contribution < -0.4 is 16.2 Å². The smallest absolute Gasteiger partial charge is 0.410 e. The number of benzene rings is 1. The quantitative estimate of drug-likeness (QED) is 0.148. The number of para-hydroxylation sites is 1. The third-order valence-corrected chi connectivity index (χ3v) is 8.13. The summed E-state index contributed by atoms with van der Waals surface area (Å²) in [6, 6.07) is 7.59. The van der Waals surface area contributed by atoms with Crippen molar-refractivity contribution in [3.63, 3.8) is 0 Å². The Morgan fingerprint density at radius 2 is 1.47 bits per heavy atom. The minimum Gasteiger partial charge on any atom is -0.493 e. The first-order valence-corrected chi connectivity index (χ1v) is 19.6. The molecule has 318 valence electrons. The van der Waals surface area contributed by atoms with Gasteiger partial charge < -0.3 is 35.5 Å². The van der Waals surface area contributed by atoms with E-state index in [-0.39, 0.29) is 24.2 Å². The molecule has 1 aromatic carbocycles. The fourth-order valence-electron chi connectivity index (χ4n) is 5.25. The SMILES string of the molecule is CC.CC.CC(C(N)=O)N(C)C(=O)OC(C)(C)C.CCN(C(=O)CCCCC(=O)OC)C(C)(C)CC(=O)N1CCCC1.NC=O.c1ccc2c(c1)CCCO2. The summed E-state index contributed by atoms with van der Waals surface area (Å²) in [6.07, 6.45) is 6.57. The van der Waals surface area contributed by atoms with Crippen molar-refractivity contribution in [1.82, 2.24) is 14.7 Å². The van der Waals surface area contributed by atoms with Gasteiger partial charge in [0.25, 0.3) is 0 Å². The highest BCUT2D eigenvalue weighted by atomic mass is 16.6. The molecule has 2 aliphatic heterocycles. The van der Waals surface area contributed by atoms with Crippen LogP contribution >= 0.6 is 0 Å². The number of hydrogen-bond donors (Lipinski definition) is 2. The monoisotopic (exact) mass is 782 g/mol. The molecule has 0 bridgehead atoms. The highest BCUT2D eigenvalue weighted by molar-refractivity contribution is 5.84. The standard InChI is InChI=1S/C18H32N2O4.C9H18N2O3.C9H10O.2C2H6.CH3NO/c1-5-20(15(21)10-6-7-11-17(23)24-4)18(2,3)14-16(22)19-12-8-9-13-19;1-6(7(10)12)11(5)8(13)14-9(2,3)4;1-2-6-9-8(4-1)5-3-7-10-9;2*1-2;2-1-3/h5-14H2,1-4H3;6H,1-5H3,(H2,10,12);1-2,4,6H,3,5,7H2;2*1-2H3;1H,(H2,2,3). The molecule has 0 radical (unpaired) electrons. The molecule has 1 fully saturated rings. The number of rotatable bonds is 11. The highest BCUT2D eigenvalue weighted by Crippen LogP contribution is 2.24. The number of esters is 1. The van der Waals surface area contributed by atoms with Crippen molar-refractivity contribution >= 4 is 36.2 Å². The summed E-state index contributed by atoms with van der Waals surface area (Å²) in [5, 5.41) is 0. The van der Waals surface area contributed by atoms with Crippen LogP contribution in [0.1, 0.15) is 133 Å². The number of methoxy groups -OCH3 is 1. The molecule has 0 aliphatic carbocycles. The van der Waals surface area contributed by atoms with Crippen LogP contribution in [0.5, 0.6) is 5.75 Å². The predicted molar refractivity (Wildman–Crippen MR) is 218 cm³/mol. The Balaban J connectivity index is -0.000000734. The van der Waals surface area contributed by atoms with Gasteiger partial charge in [-0.05, 0) is 98.6 Å². The molecule has 0 spiro atoms. The summed E-state index contributed by atoms with van der Waals surface area (Å²) in [7, 11) is 2.84. The lowest BCUT2D eigenvalue weighted by molar-refractivity contribution is -0.142. The third kappa shape index (κ3) is 24.6. The van der Waals surface area contributed by atoms with Crippen molar-refractivity contribution in [2.75, 3.05) is 40.4 Å². The number of amides is 5. The molecule has 0 aromatic heterocycles. The summed E-state index contributed by atoms with van der Waals surface area (Å²) in [4.78, 5) is 71.7. The molecule has 5 amide bonds. The van der Waals surface area contributed by atoms with E-state index in [1.54, 1.807) is 32.6 Å². The number of nitrogens with zero attached hydrogens (tertiary/aromatic N) is 3. The highest BCUT2D eigenvalue weighted by Gasteiger charge is 2.34. The second kappa shape index (κ2) is 30.9. The van der Waals surface area contributed by atoms with E-state index in [2.05, 4.69) is 22.6 Å². The summed E-state index contributed by atoms with van der Waals surface area (Å²) in [5.41, 5.74) is 9.51. The van der Waals surface area contributed by atoms with E-state index in [1.165, 1.54) is 31.0 Å². The van der Waals surface area contributed by atoms with Crippen molar-refractivity contribution in [1.29, 1.82) is 0 Å². The van der Waals surface area contributed by atoms with Gasteiger partial charge in [-0.15, -0.1) is 0 Å². The molecule has 1 atom stereocenters. The van der Waals surface area contributed by atoms with Gasteiger partial charge in [-0.25, -0.2) is 4.79 Å². The number of likely N-dealkylation sites (N-methyl/N-ethyl adjacent to an activating group) is 1. The number of fused-ring (bicyclic) bond motifs is 1. The number of nitrogens with two attached hydrogens (primary N) is 2. The van der Waals surface area contributed by atoms with Gasteiger partial charge in [-0.2, -0.15) is 0 Å². The Morgan fingerprint density at radius 3 is 1.95 bits per heavy atom. The first-order chi connectivity index (χ1) is 25.8. The molecular weight excluding hydrogens is 706 g/mol. The van der Waals surface area contributed by atoms with E-state index < -0.39 is 29.2 Å². The maximum atomic E-state index is 12.5. The molecule has 4 N–H and O–H groups in total. The fraction of sp³-hybridized carbons (Fsp3) is 0.707. The maximum Gasteiger partial charge on any atom is 0.410 e. The van der Waals surface area contributed by atoms with Crippen LogP contribution in [0.3, 0.4) is 0 Å². The Kier molecular flexibility index (Phi) is 30.9. The number of ether oxygens (including phenoxy) is 3. The second-order valence-corrected chi connectivity index (χ2v) is 13.9. The van der Waals surface area contributed by atoms with Crippen LogP contribution in [0.4, 0.5) is 4.79 Å². The molecule has 55 heavy (non-hydrogen) atoms. The average Bonchev–Trinajstić information content (AvgIpc) is 3.70. The number of unbranched alkanes of at least 4 members (excludes halogenated alkanes) is 1. The first-order valence-electron chi connectivity index (χ1n) is 19.6. The number of hydrogen-bond acceptors (Lipinski definition) is 9. The van der Waals surface area contributed by atoms with Crippen LogP contribution in [-0.4, -0.2) is 108 Å². The first kappa shape index (κ1) is 55.0. The Hall–Kier alpha value is -4.36. The molecule has 2 heterocycles. The van der Waals surface area contributed by atoms with Crippen molar-refractivity contribution in [2.24, 2.45) is 11.5 Å². The second-order valence-electron chi connectivity index (χ2n) is 13.9. The van der Waals surface area contributed by atoms with Gasteiger partial charge in [0.1, 0.15) is 17.4 Å².